The van der Waals surface area contributed by atoms with Crippen LogP contribution in [0.15, 0.2) is 11.6 Å². The van der Waals surface area contributed by atoms with Gasteiger partial charge in [-0.1, -0.05) is 54.5 Å². The highest BCUT2D eigenvalue weighted by atomic mass is 16.8. The topological polar surface area (TPSA) is 469 Å². The van der Waals surface area contributed by atoms with Crippen molar-refractivity contribution in [3.8, 4) is 0 Å². The number of aliphatic hydroxyl groups is 15. The number of aliphatic hydroxyl groups excluding tert-OH is 14. The molecule has 11 rings (SSSR count). The van der Waals surface area contributed by atoms with Crippen molar-refractivity contribution in [2.45, 2.75) is 298 Å². The molecule has 6 heterocycles. The molecule has 0 aromatic rings. The van der Waals surface area contributed by atoms with E-state index in [9.17, 15) is 91.3 Å². The second-order valence-electron chi connectivity index (χ2n) is 31.1. The van der Waals surface area contributed by atoms with Crippen molar-refractivity contribution in [3.63, 3.8) is 0 Å². The maximum Gasteiger partial charge on any atom is 0.335 e. The molecule has 16 N–H and O–H groups in total. The number of allylic oxidation sites excluding steroid dienone is 1. The zero-order valence-corrected chi connectivity index (χ0v) is 54.9. The van der Waals surface area contributed by atoms with Crippen LogP contribution in [0, 0.1) is 50.2 Å². The van der Waals surface area contributed by atoms with E-state index in [1.807, 2.05) is 13.8 Å². The summed E-state index contributed by atoms with van der Waals surface area (Å²) in [5.74, 6) is -2.82. The van der Waals surface area contributed by atoms with Gasteiger partial charge in [0.25, 0.3) is 0 Å². The molecule has 0 aromatic carbocycles. The molecule has 6 aliphatic heterocycles. The van der Waals surface area contributed by atoms with E-state index in [0.29, 0.717) is 56.9 Å². The molecule has 538 valence electrons. The number of fused-ring (bicyclic) bond motifs is 4. The lowest BCUT2D eigenvalue weighted by atomic mass is 9.30. The van der Waals surface area contributed by atoms with Gasteiger partial charge in [0.15, 0.2) is 43.8 Å². The van der Waals surface area contributed by atoms with Gasteiger partial charge >= 0.3 is 11.9 Å². The van der Waals surface area contributed by atoms with E-state index in [1.165, 1.54) is 6.92 Å². The molecule has 30 nitrogen and oxygen atoms in total. The molecule has 1 spiro atoms. The van der Waals surface area contributed by atoms with Crippen molar-refractivity contribution >= 4 is 11.9 Å². The Labute approximate surface area is 544 Å². The molecule has 11 aliphatic rings. The maximum absolute atomic E-state index is 13.6. The van der Waals surface area contributed by atoms with Gasteiger partial charge in [0.1, 0.15) is 103 Å². The minimum Gasteiger partial charge on any atom is -0.479 e. The van der Waals surface area contributed by atoms with Crippen LogP contribution in [0.2, 0.25) is 0 Å². The van der Waals surface area contributed by atoms with Crippen molar-refractivity contribution in [1.82, 2.24) is 0 Å². The highest BCUT2D eigenvalue weighted by Gasteiger charge is 2.84. The molecule has 30 heteroatoms. The SMILES string of the molecule is C/C=C(/C)C(=O)O[C@H]1CC(C)(C)CC2[C@]13C(O)O[C@@]21CCC2[C@@]4(C)CC[C@H](O[C@@H]5O[C@H](C(=O)O)[C@@H](O)[C@H](OC6OC(CO)C(O)C(O)[C@H]6O[C@@H]6O[C@@H](C)[C@H](O)[C@@H](O)[C@H]6O[C@@H]6OC[C@](O)(CO)[C@H]6O)[C@H]5OC5OC(CO)C(O)C(O)C5O)C(C)(C)C4CC[C@@]2(C)[C@]1(C)C[C@H]3O. The summed E-state index contributed by atoms with van der Waals surface area (Å²) < 4.78 is 74.9. The minimum absolute atomic E-state index is 0.00991. The van der Waals surface area contributed by atoms with Gasteiger partial charge in [-0.15, -0.1) is 0 Å². The Bertz CT molecular complexity index is 2760. The zero-order valence-electron chi connectivity index (χ0n) is 54.9. The third-order valence-electron chi connectivity index (χ3n) is 25.4. The summed E-state index contributed by atoms with van der Waals surface area (Å²) in [6.45, 7) is 16.2. The van der Waals surface area contributed by atoms with Crippen molar-refractivity contribution in [2.24, 2.45) is 50.2 Å². The van der Waals surface area contributed by atoms with Crippen LogP contribution in [-0.4, -0.2) is 291 Å². The summed E-state index contributed by atoms with van der Waals surface area (Å²) in [5, 5.41) is 180. The largest absolute Gasteiger partial charge is 0.479 e. The maximum atomic E-state index is 13.6. The van der Waals surface area contributed by atoms with Crippen molar-refractivity contribution < 1.29 is 148 Å². The van der Waals surface area contributed by atoms with Gasteiger partial charge < -0.3 is 139 Å². The molecule has 13 unspecified atom stereocenters. The first-order valence-corrected chi connectivity index (χ1v) is 33.2. The summed E-state index contributed by atoms with van der Waals surface area (Å²) in [4.78, 5) is 27.0. The molecule has 2 bridgehead atoms. The standard InChI is InChI=1S/C64H102O30/c1-11-25(2)50(80)87-34-20-57(4,5)18-31-63-17-13-30-59(8)15-14-33(58(6,7)29(59)12-16-60(30,9)61(63,10)19-32(68)64(31,34)56(81)94-63)88-54-47(93-51-41(75)38(72)36(70)27(21-65)85-51)43(42(76)44(90-54)49(78)79)89-53-46(40(74)37(71)28(22-66)86-53)91-52-45(39(73)35(69)26(3)84-52)92-55-48(77)62(82,23-67)24-83-55/h11,26-48,51-56,65-77,81-82H,12-24H2,1-10H3,(H,78,79)/b25-11-/t26-,27?,28?,29?,30?,31?,32+,33-,34-,35-,36?,37?,38?,39+,40?,41?,42-,43-,44-,45+,46+,47+,48-,51?,52-,53?,54+,55-,56?,59-,60+,61-,62+,63-,64+/m0/s1. The van der Waals surface area contributed by atoms with E-state index in [-0.39, 0.29) is 29.6 Å². The zero-order chi connectivity index (χ0) is 68.9. The Kier molecular flexibility index (Phi) is 20.1. The molecule has 94 heavy (non-hydrogen) atoms. The second-order valence-corrected chi connectivity index (χ2v) is 31.1. The average Bonchev–Trinajstić information content (AvgIpc) is 1.34. The number of aliphatic carboxylic acids is 1. The molecular weight excluding hydrogens is 1250 g/mol. The normalized spacial score (nSPS) is 54.6. The Morgan fingerprint density at radius 1 is 0.574 bits per heavy atom. The Balaban J connectivity index is 0.909. The molecule has 5 aliphatic carbocycles. The number of ether oxygens (including phenoxy) is 12. The van der Waals surface area contributed by atoms with E-state index in [1.54, 1.807) is 19.9 Å². The molecule has 11 fully saturated rings. The fraction of sp³-hybridized carbons (Fsp3) is 0.938. The van der Waals surface area contributed by atoms with Gasteiger partial charge in [-0.05, 0) is 112 Å². The van der Waals surface area contributed by atoms with Crippen LogP contribution in [-0.2, 0) is 66.4 Å². The lowest BCUT2D eigenvalue weighted by Crippen LogP contribution is -2.75. The van der Waals surface area contributed by atoms with Crippen LogP contribution in [0.5, 0.6) is 0 Å². The third-order valence-corrected chi connectivity index (χ3v) is 25.4. The van der Waals surface area contributed by atoms with Crippen LogP contribution in [0.3, 0.4) is 0 Å². The Morgan fingerprint density at radius 2 is 1.15 bits per heavy atom. The quantitative estimate of drug-likeness (QED) is 0.0417. The van der Waals surface area contributed by atoms with Gasteiger partial charge in [-0.2, -0.15) is 0 Å². The van der Waals surface area contributed by atoms with Gasteiger partial charge in [0.05, 0.1) is 55.8 Å². The number of hydrogen-bond acceptors (Lipinski definition) is 29. The number of carboxylic acids is 1. The molecule has 35 atom stereocenters. The highest BCUT2D eigenvalue weighted by molar-refractivity contribution is 5.87. The first-order chi connectivity index (χ1) is 43.9. The number of rotatable bonds is 16. The first kappa shape index (κ1) is 72.9. The van der Waals surface area contributed by atoms with E-state index in [0.717, 1.165) is 0 Å². The van der Waals surface area contributed by atoms with Crippen LogP contribution in [0.1, 0.15) is 127 Å². The molecule has 6 saturated heterocycles. The number of carboxylic acid groups (broad SMARTS) is 1. The fourth-order valence-corrected chi connectivity index (χ4v) is 19.9. The second kappa shape index (κ2) is 25.9. The van der Waals surface area contributed by atoms with Crippen LogP contribution in [0.25, 0.3) is 0 Å². The Morgan fingerprint density at radius 3 is 1.77 bits per heavy atom. The summed E-state index contributed by atoms with van der Waals surface area (Å²) in [6, 6.07) is 0. The van der Waals surface area contributed by atoms with Crippen LogP contribution >= 0.6 is 0 Å². The smallest absolute Gasteiger partial charge is 0.335 e. The number of carbonyl (C=O) groups is 2. The van der Waals surface area contributed by atoms with Gasteiger partial charge in [-0.25, -0.2) is 9.59 Å². The van der Waals surface area contributed by atoms with Gasteiger partial charge in [-0.3, -0.25) is 0 Å². The number of carbonyl (C=O) groups excluding carboxylic acids is 1. The third kappa shape index (κ3) is 11.2. The molecule has 0 radical (unpaired) electrons. The lowest BCUT2D eigenvalue weighted by Gasteiger charge is -2.75. The predicted molar refractivity (Wildman–Crippen MR) is 314 cm³/mol. The minimum atomic E-state index is -2.34. The van der Waals surface area contributed by atoms with E-state index >= 15 is 0 Å². The molecular formula is C64H102O30. The summed E-state index contributed by atoms with van der Waals surface area (Å²) in [7, 11) is 0. The predicted octanol–water partition coefficient (Wildman–Crippen LogP) is -2.96. The van der Waals surface area contributed by atoms with Crippen molar-refractivity contribution in [2.75, 3.05) is 26.4 Å². The first-order valence-electron chi connectivity index (χ1n) is 33.2. The van der Waals surface area contributed by atoms with E-state index < -0.39 is 236 Å². The molecule has 0 amide bonds. The van der Waals surface area contributed by atoms with Crippen molar-refractivity contribution in [3.05, 3.63) is 11.6 Å². The van der Waals surface area contributed by atoms with E-state index in [2.05, 4.69) is 34.6 Å². The lowest BCUT2D eigenvalue weighted by molar-refractivity contribution is -0.409. The van der Waals surface area contributed by atoms with Gasteiger partial charge in [0, 0.05) is 16.9 Å². The summed E-state index contributed by atoms with van der Waals surface area (Å²) >= 11 is 0. The summed E-state index contributed by atoms with van der Waals surface area (Å²) in [5.41, 5.74) is -6.94. The Hall–Kier alpha value is -2.36. The molecule has 0 aromatic heterocycles. The molecule has 5 saturated carbocycles. The summed E-state index contributed by atoms with van der Waals surface area (Å²) in [6.07, 6.45) is -41.1. The highest BCUT2D eigenvalue weighted by Crippen LogP contribution is 2.81. The van der Waals surface area contributed by atoms with E-state index in [4.69, 9.17) is 56.8 Å². The average molecular weight is 1350 g/mol. The number of esters is 1. The van der Waals surface area contributed by atoms with Crippen LogP contribution < -0.4 is 0 Å². The van der Waals surface area contributed by atoms with Gasteiger partial charge in [0.2, 0.25) is 0 Å². The number of hydrogen-bond donors (Lipinski definition) is 16. The van der Waals surface area contributed by atoms with Crippen LogP contribution in [0.4, 0.5) is 0 Å². The fourth-order valence-electron chi connectivity index (χ4n) is 19.9. The monoisotopic (exact) mass is 1350 g/mol. The van der Waals surface area contributed by atoms with Crippen molar-refractivity contribution in [1.29, 1.82) is 0 Å².